The summed E-state index contributed by atoms with van der Waals surface area (Å²) in [4.78, 5) is 46.3. The minimum atomic E-state index is -0.434. The van der Waals surface area contributed by atoms with E-state index < -0.39 is 6.04 Å². The number of nitriles is 2. The number of anilines is 4. The van der Waals surface area contributed by atoms with Gasteiger partial charge in [0, 0.05) is 61.0 Å². The van der Waals surface area contributed by atoms with E-state index >= 15 is 0 Å². The standard InChI is InChI=1S/C24H31N5O.C22H27N5O/c1-7-28(19-10-8-9-16(2)11-19)24(30)22-13-20(27(5)6)15-29(22)23-21(14-25)17(3)12-18(4)26-23;1-5-26(18-8-6-7-14(2)9-18)22(28)20-11-17(24)13-27(20)21-19(12-23)15(3)10-16(4)25-21/h8-12,20,22H,7,13,15H2,1-6H3;6-10,17,20H,5,11,13,24H2,1-4H3/t20-,22-;17-,20-/m00/s1. The maximum absolute atomic E-state index is 13.8. The fourth-order valence-corrected chi connectivity index (χ4v) is 8.20. The molecule has 12 heteroatoms. The van der Waals surface area contributed by atoms with Crippen LogP contribution in [0, 0.1) is 64.2 Å². The van der Waals surface area contributed by atoms with Crippen molar-refractivity contribution in [2.24, 2.45) is 5.73 Å². The van der Waals surface area contributed by atoms with Gasteiger partial charge in [-0.15, -0.1) is 0 Å². The van der Waals surface area contributed by atoms with Gasteiger partial charge < -0.3 is 30.2 Å². The van der Waals surface area contributed by atoms with E-state index in [1.165, 1.54) is 0 Å². The Hall–Kier alpha value is -5.82. The van der Waals surface area contributed by atoms with Gasteiger partial charge in [-0.2, -0.15) is 10.5 Å². The first kappa shape index (κ1) is 43.3. The van der Waals surface area contributed by atoms with E-state index in [0.29, 0.717) is 61.8 Å². The van der Waals surface area contributed by atoms with Crippen LogP contribution in [0.25, 0.3) is 0 Å². The molecule has 2 aliphatic rings. The highest BCUT2D eigenvalue weighted by molar-refractivity contribution is 6.00. The molecule has 12 nitrogen and oxygen atoms in total. The third kappa shape index (κ3) is 9.31. The van der Waals surface area contributed by atoms with Crippen molar-refractivity contribution in [2.75, 3.05) is 59.9 Å². The Morgan fingerprint density at radius 2 is 1.14 bits per heavy atom. The first-order chi connectivity index (χ1) is 27.6. The first-order valence-corrected chi connectivity index (χ1v) is 20.1. The molecule has 4 atom stereocenters. The molecular formula is C46H58N10O2. The van der Waals surface area contributed by atoms with Crippen molar-refractivity contribution < 1.29 is 9.59 Å². The number of nitrogens with two attached hydrogens (primary N) is 1. The number of hydrogen-bond acceptors (Lipinski definition) is 10. The summed E-state index contributed by atoms with van der Waals surface area (Å²) in [6.07, 6.45) is 1.24. The van der Waals surface area contributed by atoms with Gasteiger partial charge in [0.15, 0.2) is 0 Å². The van der Waals surface area contributed by atoms with Gasteiger partial charge in [-0.05, 0) is 141 Å². The van der Waals surface area contributed by atoms with Crippen molar-refractivity contribution in [3.63, 3.8) is 0 Å². The van der Waals surface area contributed by atoms with E-state index in [1.54, 1.807) is 4.90 Å². The van der Waals surface area contributed by atoms with Crippen LogP contribution in [0.5, 0.6) is 0 Å². The summed E-state index contributed by atoms with van der Waals surface area (Å²) >= 11 is 0. The Balaban J connectivity index is 0.000000221. The van der Waals surface area contributed by atoms with Crippen molar-refractivity contribution in [3.8, 4) is 12.1 Å². The summed E-state index contributed by atoms with van der Waals surface area (Å²) in [6, 6.07) is 23.6. The molecule has 0 unspecified atom stereocenters. The number of carbonyl (C=O) groups is 2. The molecule has 58 heavy (non-hydrogen) atoms. The van der Waals surface area contributed by atoms with Gasteiger partial charge in [-0.25, -0.2) is 9.97 Å². The summed E-state index contributed by atoms with van der Waals surface area (Å²) in [6.45, 7) is 18.0. The molecule has 0 radical (unpaired) electrons. The maximum atomic E-state index is 13.8. The van der Waals surface area contributed by atoms with Crippen molar-refractivity contribution in [3.05, 3.63) is 105 Å². The van der Waals surface area contributed by atoms with Crippen LogP contribution in [0.1, 0.15) is 71.5 Å². The van der Waals surface area contributed by atoms with Crippen molar-refractivity contribution in [2.45, 2.75) is 92.4 Å². The molecule has 2 N–H and O–H groups in total. The monoisotopic (exact) mass is 782 g/mol. The van der Waals surface area contributed by atoms with Crippen molar-refractivity contribution >= 4 is 34.8 Å². The van der Waals surface area contributed by atoms with Gasteiger partial charge in [0.25, 0.3) is 0 Å². The topological polar surface area (TPSA) is 150 Å². The van der Waals surface area contributed by atoms with E-state index in [0.717, 1.165) is 45.0 Å². The van der Waals surface area contributed by atoms with Gasteiger partial charge in [-0.3, -0.25) is 9.59 Å². The van der Waals surface area contributed by atoms with Gasteiger partial charge in [-0.1, -0.05) is 24.3 Å². The molecule has 6 rings (SSSR count). The number of likely N-dealkylation sites (N-methyl/N-ethyl adjacent to an activating group) is 3. The molecule has 4 heterocycles. The zero-order chi connectivity index (χ0) is 42.4. The van der Waals surface area contributed by atoms with Crippen LogP contribution in [-0.2, 0) is 9.59 Å². The molecule has 2 aromatic heterocycles. The summed E-state index contributed by atoms with van der Waals surface area (Å²) in [5, 5.41) is 19.5. The molecule has 2 saturated heterocycles. The molecule has 2 fully saturated rings. The SMILES string of the molecule is CCN(C(=O)[C@@H]1C[C@H](N(C)C)CN1c1nc(C)cc(C)c1C#N)c1cccc(C)c1.CCN(C(=O)[C@@H]1C[C@H](N)CN1c1nc(C)cc(C)c1C#N)c1cccc(C)c1. The maximum Gasteiger partial charge on any atom is 0.249 e. The zero-order valence-corrected chi connectivity index (χ0v) is 35.7. The lowest BCUT2D eigenvalue weighted by molar-refractivity contribution is -0.120. The van der Waals surface area contributed by atoms with Gasteiger partial charge >= 0.3 is 0 Å². The summed E-state index contributed by atoms with van der Waals surface area (Å²) in [5.74, 6) is 1.23. The van der Waals surface area contributed by atoms with Crippen LogP contribution < -0.4 is 25.3 Å². The van der Waals surface area contributed by atoms with E-state index in [2.05, 4.69) is 22.0 Å². The average molecular weight is 783 g/mol. The average Bonchev–Trinajstić information content (AvgIpc) is 3.80. The molecule has 4 aromatic rings. The number of carbonyl (C=O) groups excluding carboxylic acids is 2. The predicted octanol–water partition coefficient (Wildman–Crippen LogP) is 6.28. The number of pyridine rings is 2. The first-order valence-electron chi connectivity index (χ1n) is 20.1. The number of benzene rings is 2. The number of aromatic nitrogens is 2. The van der Waals surface area contributed by atoms with E-state index in [4.69, 9.17) is 10.7 Å². The van der Waals surface area contributed by atoms with E-state index in [-0.39, 0.29) is 29.9 Å². The normalized spacial score (nSPS) is 18.7. The van der Waals surface area contributed by atoms with Gasteiger partial charge in [0.2, 0.25) is 11.8 Å². The van der Waals surface area contributed by atoms with Crippen molar-refractivity contribution in [1.29, 1.82) is 10.5 Å². The minimum absolute atomic E-state index is 0.00843. The second-order valence-electron chi connectivity index (χ2n) is 15.8. The lowest BCUT2D eigenvalue weighted by Gasteiger charge is -2.31. The quantitative estimate of drug-likeness (QED) is 0.206. The molecule has 304 valence electrons. The fourth-order valence-electron chi connectivity index (χ4n) is 8.20. The Morgan fingerprint density at radius 1 is 0.707 bits per heavy atom. The zero-order valence-electron chi connectivity index (χ0n) is 35.7. The molecule has 2 aromatic carbocycles. The Morgan fingerprint density at radius 3 is 1.53 bits per heavy atom. The highest BCUT2D eigenvalue weighted by atomic mass is 16.2. The van der Waals surface area contributed by atoms with Crippen LogP contribution in [0.2, 0.25) is 0 Å². The number of amides is 2. The van der Waals surface area contributed by atoms with Gasteiger partial charge in [0.05, 0.1) is 11.1 Å². The Kier molecular flexibility index (Phi) is 13.9. The third-order valence-corrected chi connectivity index (χ3v) is 11.1. The number of nitrogens with zero attached hydrogens (tertiary/aromatic N) is 9. The van der Waals surface area contributed by atoms with E-state index in [9.17, 15) is 20.1 Å². The lowest BCUT2D eigenvalue weighted by Crippen LogP contribution is -2.46. The lowest BCUT2D eigenvalue weighted by atomic mass is 10.1. The second-order valence-corrected chi connectivity index (χ2v) is 15.8. The molecule has 2 aliphatic heterocycles. The molecule has 0 saturated carbocycles. The Bertz CT molecular complexity index is 2220. The van der Waals surface area contributed by atoms with Crippen LogP contribution in [0.3, 0.4) is 0 Å². The third-order valence-electron chi connectivity index (χ3n) is 11.1. The molecule has 0 bridgehead atoms. The molecule has 0 spiro atoms. The number of hydrogen-bond donors (Lipinski definition) is 1. The Labute approximate surface area is 344 Å². The minimum Gasteiger partial charge on any atom is -0.342 e. The predicted molar refractivity (Wildman–Crippen MR) is 232 cm³/mol. The highest BCUT2D eigenvalue weighted by Gasteiger charge is 2.42. The summed E-state index contributed by atoms with van der Waals surface area (Å²) in [7, 11) is 4.07. The van der Waals surface area contributed by atoms with Crippen LogP contribution in [0.4, 0.5) is 23.0 Å². The van der Waals surface area contributed by atoms with Crippen LogP contribution in [-0.4, -0.2) is 91.1 Å². The van der Waals surface area contributed by atoms with E-state index in [1.807, 2.05) is 145 Å². The van der Waals surface area contributed by atoms with Gasteiger partial charge in [0.1, 0.15) is 35.9 Å². The second kappa shape index (κ2) is 18.6. The number of rotatable bonds is 9. The van der Waals surface area contributed by atoms with Crippen LogP contribution >= 0.6 is 0 Å². The number of aryl methyl sites for hydroxylation is 6. The molecular weight excluding hydrogens is 725 g/mol. The highest BCUT2D eigenvalue weighted by Crippen LogP contribution is 2.33. The molecule has 0 aliphatic carbocycles. The molecule has 2 amide bonds. The van der Waals surface area contributed by atoms with Crippen molar-refractivity contribution in [1.82, 2.24) is 14.9 Å². The summed E-state index contributed by atoms with van der Waals surface area (Å²) < 4.78 is 0. The fraction of sp³-hybridized carbons (Fsp3) is 0.435. The summed E-state index contributed by atoms with van der Waals surface area (Å²) in [5.41, 5.74) is 14.7. The largest absolute Gasteiger partial charge is 0.342 e. The van der Waals surface area contributed by atoms with Crippen LogP contribution in [0.15, 0.2) is 60.7 Å². The smallest absolute Gasteiger partial charge is 0.249 e.